The van der Waals surface area contributed by atoms with Gasteiger partial charge in [0.25, 0.3) is 0 Å². The van der Waals surface area contributed by atoms with Crippen LogP contribution in [0.25, 0.3) is 0 Å². The molecule has 1 rings (SSSR count). The lowest BCUT2D eigenvalue weighted by atomic mass is 9.87. The zero-order chi connectivity index (χ0) is 28.7. The Kier molecular flexibility index (Phi) is 14.6. The van der Waals surface area contributed by atoms with Crippen LogP contribution < -0.4 is 15.2 Å². The summed E-state index contributed by atoms with van der Waals surface area (Å²) in [6.45, 7) is 9.49. The Hall–Kier alpha value is -3.54. The summed E-state index contributed by atoms with van der Waals surface area (Å²) in [6, 6.07) is 2.70. The minimum Gasteiger partial charge on any atom is -0.480 e. The molecule has 0 aromatic heterocycles. The molecule has 0 aliphatic heterocycles. The molecule has 0 aliphatic carbocycles. The van der Waals surface area contributed by atoms with Crippen molar-refractivity contribution in [2.24, 2.45) is 11.7 Å². The molecule has 0 saturated carbocycles. The average Bonchev–Trinajstić information content (AvgIpc) is 2.88. The fourth-order valence-electron chi connectivity index (χ4n) is 3.12. The van der Waals surface area contributed by atoms with E-state index >= 15 is 0 Å². The molecule has 1 aromatic carbocycles. The molecule has 12 heteroatoms. The lowest BCUT2D eigenvalue weighted by Gasteiger charge is -2.25. The normalized spacial score (nSPS) is 13.8. The number of ether oxygens (including phenoxy) is 6. The first-order chi connectivity index (χ1) is 18.0. The highest BCUT2D eigenvalue weighted by Gasteiger charge is 2.30. The maximum Gasteiger partial charge on any atom is 0.513 e. The van der Waals surface area contributed by atoms with Gasteiger partial charge < -0.3 is 39.3 Å². The van der Waals surface area contributed by atoms with Crippen LogP contribution in [0.3, 0.4) is 0 Å². The number of carboxylic acid groups (broad SMARTS) is 1. The van der Waals surface area contributed by atoms with Gasteiger partial charge in [0, 0.05) is 5.92 Å². The van der Waals surface area contributed by atoms with Gasteiger partial charge in [0.1, 0.15) is 12.1 Å². The van der Waals surface area contributed by atoms with E-state index in [0.717, 1.165) is 6.42 Å². The summed E-state index contributed by atoms with van der Waals surface area (Å²) in [5.74, 6) is -2.38. The Balaban J connectivity index is 3.21. The quantitative estimate of drug-likeness (QED) is 0.173. The summed E-state index contributed by atoms with van der Waals surface area (Å²) in [6.07, 6.45) is -1.75. The van der Waals surface area contributed by atoms with E-state index in [4.69, 9.17) is 34.2 Å². The summed E-state index contributed by atoms with van der Waals surface area (Å²) < 4.78 is 30.6. The fraction of sp³-hybridized carbons (Fsp3) is 0.615. The van der Waals surface area contributed by atoms with Crippen molar-refractivity contribution < 1.29 is 52.7 Å². The molecule has 38 heavy (non-hydrogen) atoms. The van der Waals surface area contributed by atoms with Crippen LogP contribution in [0.4, 0.5) is 14.4 Å². The first-order valence-corrected chi connectivity index (χ1v) is 12.7. The second-order valence-electron chi connectivity index (χ2n) is 8.82. The molecular formula is C26H39NO11. The molecular weight excluding hydrogens is 502 g/mol. The minimum atomic E-state index is -1.40. The van der Waals surface area contributed by atoms with Crippen molar-refractivity contribution in [2.75, 3.05) is 19.8 Å². The predicted molar refractivity (Wildman–Crippen MR) is 135 cm³/mol. The third-order valence-electron chi connectivity index (χ3n) is 5.42. The first-order valence-electron chi connectivity index (χ1n) is 12.7. The second-order valence-corrected chi connectivity index (χ2v) is 8.82. The van der Waals surface area contributed by atoms with E-state index in [1.165, 1.54) is 18.2 Å². The highest BCUT2D eigenvalue weighted by molar-refractivity contribution is 5.75. The molecule has 12 nitrogen and oxygen atoms in total. The van der Waals surface area contributed by atoms with Gasteiger partial charge in [-0.15, -0.1) is 0 Å². The van der Waals surface area contributed by atoms with Crippen molar-refractivity contribution in [1.82, 2.24) is 0 Å². The molecule has 214 valence electrons. The number of aliphatic carboxylic acids is 1. The van der Waals surface area contributed by atoms with Crippen molar-refractivity contribution in [3.05, 3.63) is 23.8 Å². The molecule has 4 atom stereocenters. The molecule has 0 heterocycles. The monoisotopic (exact) mass is 541 g/mol. The van der Waals surface area contributed by atoms with E-state index in [2.05, 4.69) is 0 Å². The van der Waals surface area contributed by atoms with E-state index in [1.807, 2.05) is 20.8 Å². The molecule has 0 bridgehead atoms. The van der Waals surface area contributed by atoms with Crippen LogP contribution >= 0.6 is 0 Å². The van der Waals surface area contributed by atoms with Crippen molar-refractivity contribution in [3.63, 3.8) is 0 Å². The Morgan fingerprint density at radius 3 is 1.97 bits per heavy atom. The van der Waals surface area contributed by atoms with Crippen molar-refractivity contribution in [1.29, 1.82) is 0 Å². The van der Waals surface area contributed by atoms with Crippen LogP contribution in [0.1, 0.15) is 71.8 Å². The highest BCUT2D eigenvalue weighted by Crippen LogP contribution is 2.35. The van der Waals surface area contributed by atoms with Crippen molar-refractivity contribution >= 4 is 24.4 Å². The standard InChI is InChI=1S/C26H39NO11/c1-6-11-33-24(30)37-20-10-9-18(14-21(20)38-25(31)34-12-7-2)19(22(27)23(28)29)13-17(5)36-26(32)35-15-16(4)8-3/h9-10,14,16-17,19,22H,6-8,11-13,15,27H2,1-5H3,(H,28,29)/t16?,17?,19?,22-/m0/s1. The summed E-state index contributed by atoms with van der Waals surface area (Å²) >= 11 is 0. The molecule has 0 radical (unpaired) electrons. The number of carbonyl (C=O) groups is 4. The van der Waals surface area contributed by atoms with Crippen LogP contribution in [-0.4, -0.2) is 61.5 Å². The SMILES string of the molecule is CCCOC(=O)Oc1ccc(C(CC(C)OC(=O)OCC(C)CC)[C@H](N)C(=O)O)cc1OC(=O)OCCC. The van der Waals surface area contributed by atoms with Crippen LogP contribution in [0.5, 0.6) is 11.5 Å². The topological polar surface area (TPSA) is 170 Å². The van der Waals surface area contributed by atoms with E-state index in [1.54, 1.807) is 13.8 Å². The number of nitrogens with two attached hydrogens (primary N) is 1. The first kappa shape index (κ1) is 32.5. The smallest absolute Gasteiger partial charge is 0.480 e. The molecule has 0 amide bonds. The Morgan fingerprint density at radius 2 is 1.45 bits per heavy atom. The van der Waals surface area contributed by atoms with Gasteiger partial charge in [-0.25, -0.2) is 14.4 Å². The number of hydrogen-bond acceptors (Lipinski definition) is 11. The van der Waals surface area contributed by atoms with Gasteiger partial charge in [0.15, 0.2) is 11.5 Å². The van der Waals surface area contributed by atoms with Crippen LogP contribution in [0.15, 0.2) is 18.2 Å². The number of carboxylic acids is 1. The summed E-state index contributed by atoms with van der Waals surface area (Å²) in [7, 11) is 0. The summed E-state index contributed by atoms with van der Waals surface area (Å²) in [5, 5.41) is 9.60. The third-order valence-corrected chi connectivity index (χ3v) is 5.42. The van der Waals surface area contributed by atoms with Crippen molar-refractivity contribution in [3.8, 4) is 11.5 Å². The average molecular weight is 542 g/mol. The number of carbonyl (C=O) groups excluding carboxylic acids is 3. The zero-order valence-corrected chi connectivity index (χ0v) is 22.6. The molecule has 1 aromatic rings. The van der Waals surface area contributed by atoms with E-state index < -0.39 is 42.5 Å². The second kappa shape index (κ2) is 17.1. The lowest BCUT2D eigenvalue weighted by Crippen LogP contribution is -2.38. The van der Waals surface area contributed by atoms with Gasteiger partial charge in [-0.2, -0.15) is 0 Å². The third kappa shape index (κ3) is 11.7. The molecule has 3 unspecified atom stereocenters. The molecule has 0 spiro atoms. The van der Waals surface area contributed by atoms with Gasteiger partial charge >= 0.3 is 24.4 Å². The van der Waals surface area contributed by atoms with E-state index in [0.29, 0.717) is 18.4 Å². The molecule has 3 N–H and O–H groups in total. The Bertz CT molecular complexity index is 920. The lowest BCUT2D eigenvalue weighted by molar-refractivity contribution is -0.139. The molecule has 0 fully saturated rings. The van der Waals surface area contributed by atoms with Crippen LogP contribution in [0.2, 0.25) is 0 Å². The summed E-state index contributed by atoms with van der Waals surface area (Å²) in [5.41, 5.74) is 6.30. The zero-order valence-electron chi connectivity index (χ0n) is 22.6. The molecule has 0 saturated heterocycles. The maximum atomic E-state index is 12.1. The van der Waals surface area contributed by atoms with Gasteiger partial charge in [-0.05, 0) is 49.8 Å². The Labute approximate surface area is 222 Å². The van der Waals surface area contributed by atoms with E-state index in [-0.39, 0.29) is 43.7 Å². The van der Waals surface area contributed by atoms with Crippen LogP contribution in [-0.2, 0) is 23.7 Å². The Morgan fingerprint density at radius 1 is 0.868 bits per heavy atom. The van der Waals surface area contributed by atoms with Gasteiger partial charge in [-0.1, -0.05) is 40.2 Å². The largest absolute Gasteiger partial charge is 0.513 e. The number of hydrogen-bond donors (Lipinski definition) is 2. The van der Waals surface area contributed by atoms with E-state index in [9.17, 15) is 24.3 Å². The van der Waals surface area contributed by atoms with Crippen LogP contribution in [0, 0.1) is 5.92 Å². The predicted octanol–water partition coefficient (Wildman–Crippen LogP) is 5.01. The maximum absolute atomic E-state index is 12.1. The van der Waals surface area contributed by atoms with Gasteiger partial charge in [0.05, 0.1) is 19.8 Å². The fourth-order valence-corrected chi connectivity index (χ4v) is 3.12. The van der Waals surface area contributed by atoms with Crippen molar-refractivity contribution in [2.45, 2.75) is 78.4 Å². The minimum absolute atomic E-state index is 0.00433. The number of benzene rings is 1. The van der Waals surface area contributed by atoms with Gasteiger partial charge in [-0.3, -0.25) is 4.79 Å². The highest BCUT2D eigenvalue weighted by atomic mass is 16.7. The van der Waals surface area contributed by atoms with Gasteiger partial charge in [0.2, 0.25) is 0 Å². The molecule has 0 aliphatic rings. The summed E-state index contributed by atoms with van der Waals surface area (Å²) in [4.78, 5) is 47.9. The number of rotatable bonds is 15.